The molecule has 0 nitrogen and oxygen atoms in total. The summed E-state index contributed by atoms with van der Waals surface area (Å²) in [5.74, 6) is 0. The van der Waals surface area contributed by atoms with Crippen molar-refractivity contribution in [3.05, 3.63) is 42.2 Å². The van der Waals surface area contributed by atoms with Crippen LogP contribution in [0, 0.1) is 0 Å². The monoisotopic (exact) mass is 348 g/mol. The van der Waals surface area contributed by atoms with Crippen LogP contribution >= 0.6 is 24.8 Å². The van der Waals surface area contributed by atoms with Gasteiger partial charge in [-0.25, -0.2) is 0 Å². The largest absolute Gasteiger partial charge is 0.147 e. The van der Waals surface area contributed by atoms with Gasteiger partial charge in [0.2, 0.25) is 0 Å². The Bertz CT molecular complexity index is 510. The van der Waals surface area contributed by atoms with Crippen LogP contribution < -0.4 is 0 Å². The Morgan fingerprint density at radius 1 is 0.800 bits per heavy atom. The molecule has 0 unspecified atom stereocenters. The summed E-state index contributed by atoms with van der Waals surface area (Å²) >= 11 is -1.35. The van der Waals surface area contributed by atoms with Crippen LogP contribution in [0.25, 0.3) is 0 Å². The van der Waals surface area contributed by atoms with E-state index in [-0.39, 0.29) is 24.8 Å². The molecule has 2 rings (SSSR count). The molecule has 0 aromatic heterocycles. The zero-order chi connectivity index (χ0) is 13.4. The van der Waals surface area contributed by atoms with E-state index in [4.69, 9.17) is 0 Å². The third kappa shape index (κ3) is 3.66. The molecule has 0 radical (unpaired) electrons. The fourth-order valence-electron chi connectivity index (χ4n) is 2.96. The van der Waals surface area contributed by atoms with Crippen molar-refractivity contribution < 1.29 is 17.4 Å². The third-order valence-corrected chi connectivity index (χ3v) is 9.67. The van der Waals surface area contributed by atoms with Gasteiger partial charge in [-0.15, -0.1) is 24.8 Å². The maximum absolute atomic E-state index is 2.42. The van der Waals surface area contributed by atoms with Crippen LogP contribution in [-0.4, -0.2) is 3.81 Å². The van der Waals surface area contributed by atoms with Gasteiger partial charge in [0.1, 0.15) is 0 Å². The predicted octanol–water partition coefficient (Wildman–Crippen LogP) is 5.91. The minimum absolute atomic E-state index is 0. The molecule has 0 saturated heterocycles. The van der Waals surface area contributed by atoms with Crippen molar-refractivity contribution in [3.63, 3.8) is 0 Å². The molecule has 3 heteroatoms. The van der Waals surface area contributed by atoms with E-state index in [0.29, 0.717) is 0 Å². The van der Waals surface area contributed by atoms with Gasteiger partial charge in [0.15, 0.2) is 0 Å². The molecule has 2 aliphatic rings. The average Bonchev–Trinajstić information content (AvgIpc) is 2.79. The van der Waals surface area contributed by atoms with Gasteiger partial charge in [0.25, 0.3) is 0 Å². The van der Waals surface area contributed by atoms with Crippen molar-refractivity contribution in [2.75, 3.05) is 0 Å². The molecule has 0 atom stereocenters. The Hall–Kier alpha value is 0.124. The molecule has 20 heavy (non-hydrogen) atoms. The topological polar surface area (TPSA) is 0 Å². The van der Waals surface area contributed by atoms with Crippen LogP contribution in [0.4, 0.5) is 0 Å². The van der Waals surface area contributed by atoms with E-state index in [1.165, 1.54) is 24.0 Å². The molecule has 0 aromatic rings. The summed E-state index contributed by atoms with van der Waals surface area (Å²) in [5, 5.41) is 0. The maximum atomic E-state index is 2.42. The molecular weight excluding hydrogens is 323 g/mol. The van der Waals surface area contributed by atoms with Crippen LogP contribution in [0.3, 0.4) is 0 Å². The number of hydrogen-bond donors (Lipinski definition) is 0. The molecule has 112 valence electrons. The standard InChI is InChI=1S/2C7H9.C3H6.2ClH.Ti/c2*1-6-4-3-5-7(6)2;1-3-2;;;/h2*4H,3H2,1-2H3;1-2H3;2*1H;. The normalized spacial score (nSPS) is 17.5. The second-order valence-corrected chi connectivity index (χ2v) is 10.4. The van der Waals surface area contributed by atoms with E-state index in [2.05, 4.69) is 53.7 Å². The van der Waals surface area contributed by atoms with E-state index < -0.39 is 17.4 Å². The molecule has 2 aliphatic carbocycles. The molecular formula is C17H26Cl2Ti. The second kappa shape index (κ2) is 7.94. The smallest absolute Gasteiger partial charge is 0.147 e. The summed E-state index contributed by atoms with van der Waals surface area (Å²) in [6, 6.07) is 0. The predicted molar refractivity (Wildman–Crippen MR) is 93.0 cm³/mol. The zero-order valence-corrected chi connectivity index (χ0v) is 16.6. The summed E-state index contributed by atoms with van der Waals surface area (Å²) in [6.45, 7) is 13.9. The van der Waals surface area contributed by atoms with Crippen LogP contribution in [-0.2, 0) is 17.4 Å². The summed E-state index contributed by atoms with van der Waals surface area (Å²) in [5.41, 5.74) is 6.21. The first kappa shape index (κ1) is 20.1. The summed E-state index contributed by atoms with van der Waals surface area (Å²) in [6.07, 6.45) is 7.28. The van der Waals surface area contributed by atoms with Crippen molar-refractivity contribution in [2.45, 2.75) is 54.4 Å². The molecule has 0 spiro atoms. The second-order valence-electron chi connectivity index (χ2n) is 5.76. The molecule has 0 aliphatic heterocycles. The fraction of sp³-hybridized carbons (Fsp3) is 0.471. The Morgan fingerprint density at radius 3 is 1.35 bits per heavy atom. The minimum atomic E-state index is -1.35. The van der Waals surface area contributed by atoms with Gasteiger partial charge >= 0.3 is 118 Å². The van der Waals surface area contributed by atoms with Gasteiger partial charge in [0, 0.05) is 0 Å². The van der Waals surface area contributed by atoms with Gasteiger partial charge in [0.05, 0.1) is 0 Å². The molecule has 0 aromatic carbocycles. The molecule has 0 amide bonds. The van der Waals surface area contributed by atoms with Gasteiger partial charge in [-0.1, -0.05) is 0 Å². The van der Waals surface area contributed by atoms with Crippen molar-refractivity contribution in [1.82, 2.24) is 0 Å². The number of halogens is 2. The molecule has 0 bridgehead atoms. The van der Waals surface area contributed by atoms with Crippen molar-refractivity contribution in [2.24, 2.45) is 0 Å². The Kier molecular flexibility index (Phi) is 7.99. The van der Waals surface area contributed by atoms with E-state index in [1.54, 1.807) is 22.7 Å². The van der Waals surface area contributed by atoms with E-state index in [9.17, 15) is 0 Å². The third-order valence-electron chi connectivity index (χ3n) is 4.42. The fourth-order valence-corrected chi connectivity index (χ4v) is 8.16. The van der Waals surface area contributed by atoms with Gasteiger partial charge in [-0.3, -0.25) is 0 Å². The summed E-state index contributed by atoms with van der Waals surface area (Å²) in [4.78, 5) is 0. The van der Waals surface area contributed by atoms with Crippen LogP contribution in [0.2, 0.25) is 0 Å². The van der Waals surface area contributed by atoms with E-state index >= 15 is 0 Å². The SMILES string of the molecule is CC1=CC[C]([Ti]([C]2=C(C)C(C)=CC2)=[C](C)C)=C1C.Cl.Cl. The summed E-state index contributed by atoms with van der Waals surface area (Å²) in [7, 11) is 0. The van der Waals surface area contributed by atoms with E-state index in [1.807, 2.05) is 0 Å². The summed E-state index contributed by atoms with van der Waals surface area (Å²) < 4.78 is 5.29. The van der Waals surface area contributed by atoms with Gasteiger partial charge < -0.3 is 0 Å². The molecule has 0 N–H and O–H groups in total. The van der Waals surface area contributed by atoms with Gasteiger partial charge in [-0.2, -0.15) is 0 Å². The molecule has 0 heterocycles. The Morgan fingerprint density at radius 2 is 1.15 bits per heavy atom. The Balaban J connectivity index is 0.00000180. The van der Waals surface area contributed by atoms with Crippen LogP contribution in [0.15, 0.2) is 42.2 Å². The maximum Gasteiger partial charge on any atom is -0.147 e. The average molecular weight is 349 g/mol. The Labute approximate surface area is 142 Å². The quantitative estimate of drug-likeness (QED) is 0.544. The minimum Gasteiger partial charge on any atom is -0.147 e. The van der Waals surface area contributed by atoms with Crippen molar-refractivity contribution in [3.8, 4) is 0 Å². The molecule has 0 fully saturated rings. The van der Waals surface area contributed by atoms with E-state index in [0.717, 1.165) is 0 Å². The first-order chi connectivity index (χ1) is 8.43. The zero-order valence-electron chi connectivity index (χ0n) is 13.4. The molecule has 0 saturated carbocycles. The first-order valence-electron chi connectivity index (χ1n) is 6.85. The van der Waals surface area contributed by atoms with Crippen molar-refractivity contribution >= 4 is 28.6 Å². The van der Waals surface area contributed by atoms with Crippen LogP contribution in [0.1, 0.15) is 54.4 Å². The van der Waals surface area contributed by atoms with Gasteiger partial charge in [-0.05, 0) is 0 Å². The number of hydrogen-bond acceptors (Lipinski definition) is 0. The first-order valence-corrected chi connectivity index (χ1v) is 9.19. The van der Waals surface area contributed by atoms with Crippen molar-refractivity contribution in [1.29, 1.82) is 0 Å². The van der Waals surface area contributed by atoms with Crippen LogP contribution in [0.5, 0.6) is 0 Å². The number of rotatable bonds is 2. The number of allylic oxidation sites excluding steroid dienone is 8.